The topological polar surface area (TPSA) is 137 Å². The van der Waals surface area contributed by atoms with Crippen LogP contribution in [0.2, 0.25) is 0 Å². The highest BCUT2D eigenvalue weighted by molar-refractivity contribution is 7.83. The smallest absolute Gasteiger partial charge is 0.251 e. The summed E-state index contributed by atoms with van der Waals surface area (Å²) in [6.07, 6.45) is 2.03. The average molecular weight is 783 g/mol. The molecule has 57 heavy (non-hydrogen) atoms. The molecule has 3 atom stereocenters. The van der Waals surface area contributed by atoms with Gasteiger partial charge < -0.3 is 25.6 Å². The molecule has 0 bridgehead atoms. The number of pyridine rings is 1. The molecule has 6 rings (SSSR count). The molecule has 0 saturated carbocycles. The molecule has 3 unspecified atom stereocenters. The molecule has 10 nitrogen and oxygen atoms in total. The van der Waals surface area contributed by atoms with Crippen LogP contribution in [0.1, 0.15) is 68.2 Å². The fourth-order valence-electron chi connectivity index (χ4n) is 6.59. The van der Waals surface area contributed by atoms with Gasteiger partial charge in [0.2, 0.25) is 5.91 Å². The van der Waals surface area contributed by atoms with Crippen molar-refractivity contribution in [2.75, 3.05) is 6.54 Å². The lowest BCUT2D eigenvalue weighted by molar-refractivity contribution is -0.120. The molecule has 11 heteroatoms. The molecule has 2 amide bonds. The van der Waals surface area contributed by atoms with E-state index in [4.69, 9.17) is 0 Å². The summed E-state index contributed by atoms with van der Waals surface area (Å²) in [6, 6.07) is 40.4. The molecular weight excluding hydrogens is 733 g/mol. The van der Waals surface area contributed by atoms with Gasteiger partial charge in [0, 0.05) is 60.9 Å². The number of aromatic nitrogens is 2. The third-order valence-corrected chi connectivity index (χ3v) is 10.8. The highest BCUT2D eigenvalue weighted by atomic mass is 32.2. The monoisotopic (exact) mass is 782 g/mol. The molecule has 294 valence electrons. The maximum absolute atomic E-state index is 12.9. The van der Waals surface area contributed by atoms with E-state index in [-0.39, 0.29) is 24.3 Å². The summed E-state index contributed by atoms with van der Waals surface area (Å²) in [5.74, 6) is 0.515. The Morgan fingerprint density at radius 3 is 2.12 bits per heavy atom. The van der Waals surface area contributed by atoms with Gasteiger partial charge in [0.1, 0.15) is 16.8 Å². The number of rotatable bonds is 18. The minimum absolute atomic E-state index is 0.0941. The number of hydrogen-bond donors (Lipinski definition) is 5. The Kier molecular flexibility index (Phi) is 14.3. The second-order valence-corrected chi connectivity index (χ2v) is 15.6. The summed E-state index contributed by atoms with van der Waals surface area (Å²) >= 11 is 0. The molecule has 0 aliphatic rings. The Labute approximate surface area is 337 Å². The van der Waals surface area contributed by atoms with Crippen LogP contribution in [0, 0.1) is 13.8 Å². The Balaban J connectivity index is 0.903. The van der Waals surface area contributed by atoms with Crippen molar-refractivity contribution in [2.24, 2.45) is 0 Å². The lowest BCUT2D eigenvalue weighted by atomic mass is 10.0. The van der Waals surface area contributed by atoms with Crippen molar-refractivity contribution in [3.05, 3.63) is 184 Å². The molecule has 4 aromatic carbocycles. The number of nitrogens with one attached hydrogen (secondary N) is 4. The average Bonchev–Trinajstić information content (AvgIpc) is 3.57. The van der Waals surface area contributed by atoms with Gasteiger partial charge in [-0.3, -0.25) is 9.59 Å². The van der Waals surface area contributed by atoms with Crippen LogP contribution in [-0.4, -0.2) is 43.3 Å². The summed E-state index contributed by atoms with van der Waals surface area (Å²) in [4.78, 5) is 31.0. The number of aryl methyl sites for hydroxylation is 2. The Morgan fingerprint density at radius 1 is 0.719 bits per heavy atom. The van der Waals surface area contributed by atoms with Crippen LogP contribution in [0.25, 0.3) is 5.82 Å². The SMILES string of the molecule is Cc1ccc(C)n1-c1ccc(C(O)CNC(C)Cc2cccc(CC(=O)NCc3ccc(C(=O)NCc4cccc(S(=O)NCc5ccccc5)c4)cc3)c2)cn1. The molecular formula is C46H50N6O4S. The molecule has 0 spiro atoms. The summed E-state index contributed by atoms with van der Waals surface area (Å²) in [5, 5.41) is 20.2. The second-order valence-electron chi connectivity index (χ2n) is 14.3. The summed E-state index contributed by atoms with van der Waals surface area (Å²) in [5.41, 5.74) is 8.28. The van der Waals surface area contributed by atoms with Crippen LogP contribution >= 0.6 is 0 Å². The summed E-state index contributed by atoms with van der Waals surface area (Å²) in [7, 11) is -1.38. The van der Waals surface area contributed by atoms with Gasteiger partial charge in [0.05, 0.1) is 17.4 Å². The first-order valence-corrected chi connectivity index (χ1v) is 20.3. The van der Waals surface area contributed by atoms with Gasteiger partial charge in [-0.05, 0) is 97.5 Å². The fraction of sp³-hybridized carbons (Fsp3) is 0.239. The number of carbonyl (C=O) groups excluding carboxylic acids is 2. The number of nitrogens with zero attached hydrogens (tertiary/aromatic N) is 2. The van der Waals surface area contributed by atoms with Gasteiger partial charge in [-0.15, -0.1) is 0 Å². The molecule has 0 fully saturated rings. The highest BCUT2D eigenvalue weighted by Crippen LogP contribution is 2.18. The van der Waals surface area contributed by atoms with Gasteiger partial charge in [-0.1, -0.05) is 84.9 Å². The highest BCUT2D eigenvalue weighted by Gasteiger charge is 2.14. The van der Waals surface area contributed by atoms with Gasteiger partial charge in [0.15, 0.2) is 0 Å². The molecule has 0 saturated heterocycles. The maximum atomic E-state index is 12.9. The Morgan fingerprint density at radius 2 is 1.39 bits per heavy atom. The molecule has 0 aliphatic carbocycles. The van der Waals surface area contributed by atoms with Gasteiger partial charge in [0.25, 0.3) is 5.91 Å². The number of aliphatic hydroxyl groups is 1. The fourth-order valence-corrected chi connectivity index (χ4v) is 7.51. The predicted octanol–water partition coefficient (Wildman–Crippen LogP) is 6.34. The normalized spacial score (nSPS) is 12.8. The third-order valence-electron chi connectivity index (χ3n) is 9.74. The van der Waals surface area contributed by atoms with Crippen molar-refractivity contribution >= 4 is 22.8 Å². The number of aliphatic hydroxyl groups excluding tert-OH is 1. The van der Waals surface area contributed by atoms with Crippen LogP contribution in [0.3, 0.4) is 0 Å². The van der Waals surface area contributed by atoms with E-state index in [9.17, 15) is 18.9 Å². The maximum Gasteiger partial charge on any atom is 0.251 e. The van der Waals surface area contributed by atoms with Crippen LogP contribution in [0.5, 0.6) is 0 Å². The van der Waals surface area contributed by atoms with Crippen molar-refractivity contribution in [3.8, 4) is 5.82 Å². The minimum Gasteiger partial charge on any atom is -0.387 e. The van der Waals surface area contributed by atoms with Crippen molar-refractivity contribution < 1.29 is 18.9 Å². The van der Waals surface area contributed by atoms with E-state index in [1.165, 1.54) is 0 Å². The standard InChI is InChI=1S/C46H50N6O4S/c1-32(47-31-43(53)41-21-22-44(48-30-41)52-33(2)15-16-34(52)3)23-37-11-7-12-38(24-37)26-45(54)49-27-36-17-19-40(20-18-36)46(55)50-28-39-13-8-14-42(25-39)57(56)51-29-35-9-5-4-6-10-35/h4-22,24-25,30,32,43,47,51,53H,23,26-29,31H2,1-3H3,(H,49,54)(H,50,55). The van der Waals surface area contributed by atoms with Crippen LogP contribution in [0.4, 0.5) is 0 Å². The minimum atomic E-state index is -1.38. The lowest BCUT2D eigenvalue weighted by Crippen LogP contribution is -2.32. The summed E-state index contributed by atoms with van der Waals surface area (Å²) < 4.78 is 17.9. The number of carbonyl (C=O) groups is 2. The van der Waals surface area contributed by atoms with Crippen molar-refractivity contribution in [2.45, 2.75) is 70.3 Å². The first-order valence-electron chi connectivity index (χ1n) is 19.1. The van der Waals surface area contributed by atoms with Crippen molar-refractivity contribution in [1.82, 2.24) is 30.2 Å². The van der Waals surface area contributed by atoms with Crippen molar-refractivity contribution in [3.63, 3.8) is 0 Å². The first kappa shape index (κ1) is 40.9. The third kappa shape index (κ3) is 11.9. The van der Waals surface area contributed by atoms with Crippen LogP contribution < -0.4 is 20.7 Å². The largest absolute Gasteiger partial charge is 0.387 e. The van der Waals surface area contributed by atoms with Crippen LogP contribution in [0.15, 0.2) is 138 Å². The number of amides is 2. The van der Waals surface area contributed by atoms with E-state index < -0.39 is 17.1 Å². The van der Waals surface area contributed by atoms with E-state index in [1.54, 1.807) is 24.4 Å². The zero-order valence-electron chi connectivity index (χ0n) is 32.6. The van der Waals surface area contributed by atoms with E-state index in [1.807, 2.05) is 111 Å². The van der Waals surface area contributed by atoms with Crippen LogP contribution in [-0.2, 0) is 48.3 Å². The second kappa shape index (κ2) is 19.9. The molecule has 2 heterocycles. The molecule has 2 aromatic heterocycles. The first-order chi connectivity index (χ1) is 27.6. The number of benzene rings is 4. The molecule has 0 aliphatic heterocycles. The Bertz CT molecular complexity index is 2260. The summed E-state index contributed by atoms with van der Waals surface area (Å²) in [6.45, 7) is 7.69. The van der Waals surface area contributed by atoms with E-state index in [0.29, 0.717) is 36.6 Å². The molecule has 6 aromatic rings. The van der Waals surface area contributed by atoms with E-state index in [0.717, 1.165) is 57.0 Å². The molecule has 0 radical (unpaired) electrons. The zero-order chi connectivity index (χ0) is 40.1. The van der Waals surface area contributed by atoms with Gasteiger partial charge in [-0.25, -0.2) is 13.9 Å². The Hall–Kier alpha value is -5.72. The quantitative estimate of drug-likeness (QED) is 0.0690. The number of hydrogen-bond acceptors (Lipinski definition) is 6. The van der Waals surface area contributed by atoms with E-state index in [2.05, 4.69) is 49.3 Å². The zero-order valence-corrected chi connectivity index (χ0v) is 33.4. The predicted molar refractivity (Wildman–Crippen MR) is 225 cm³/mol. The molecule has 5 N–H and O–H groups in total. The van der Waals surface area contributed by atoms with Gasteiger partial charge >= 0.3 is 0 Å². The van der Waals surface area contributed by atoms with E-state index >= 15 is 0 Å². The van der Waals surface area contributed by atoms with Crippen molar-refractivity contribution in [1.29, 1.82) is 0 Å². The van der Waals surface area contributed by atoms with Gasteiger partial charge in [-0.2, -0.15) is 0 Å². The lowest BCUT2D eigenvalue weighted by Gasteiger charge is -2.18.